The van der Waals surface area contributed by atoms with Gasteiger partial charge in [0.25, 0.3) is 11.8 Å². The van der Waals surface area contributed by atoms with E-state index in [-0.39, 0.29) is 30.0 Å². The van der Waals surface area contributed by atoms with Crippen molar-refractivity contribution < 1.29 is 19.2 Å². The van der Waals surface area contributed by atoms with Gasteiger partial charge in [-0.2, -0.15) is 4.99 Å². The van der Waals surface area contributed by atoms with Gasteiger partial charge in [-0.1, -0.05) is 11.8 Å². The summed E-state index contributed by atoms with van der Waals surface area (Å²) in [5.74, 6) is -0.507. The molecule has 1 aromatic carbocycles. The summed E-state index contributed by atoms with van der Waals surface area (Å²) in [6.07, 6.45) is 5.73. The van der Waals surface area contributed by atoms with Crippen LogP contribution in [0.1, 0.15) is 55.3 Å². The van der Waals surface area contributed by atoms with Crippen molar-refractivity contribution in [1.82, 2.24) is 15.1 Å². The molecule has 0 bridgehead atoms. The van der Waals surface area contributed by atoms with Gasteiger partial charge in [0.1, 0.15) is 5.25 Å². The van der Waals surface area contributed by atoms with E-state index in [4.69, 9.17) is 0 Å². The number of anilines is 1. The number of nitrogens with one attached hydrogen (secondary N) is 2. The Kier molecular flexibility index (Phi) is 8.21. The van der Waals surface area contributed by atoms with Crippen molar-refractivity contribution in [2.24, 2.45) is 4.99 Å². The molecular weight excluding hydrogens is 454 g/mol. The zero-order valence-corrected chi connectivity index (χ0v) is 20.1. The van der Waals surface area contributed by atoms with Crippen molar-refractivity contribution in [3.05, 3.63) is 29.8 Å². The number of thioether (sulfide) groups is 1. The molecule has 0 saturated carbocycles. The fourth-order valence-electron chi connectivity index (χ4n) is 4.33. The van der Waals surface area contributed by atoms with E-state index in [1.165, 1.54) is 18.2 Å². The second kappa shape index (κ2) is 11.5. The van der Waals surface area contributed by atoms with Crippen LogP contribution in [0, 0.1) is 0 Å². The SMILES string of the molecule is O=C(C[C@H]1SC(N2CCCCC2)=NC1=O)Nc1ccc(C(=O)NCCCN2CCCC2=O)cc1. The minimum absolute atomic E-state index is 0.0616. The van der Waals surface area contributed by atoms with Crippen LogP contribution < -0.4 is 10.6 Å². The van der Waals surface area contributed by atoms with Crippen molar-refractivity contribution in [3.8, 4) is 0 Å². The van der Waals surface area contributed by atoms with E-state index in [1.807, 2.05) is 4.90 Å². The van der Waals surface area contributed by atoms with Gasteiger partial charge in [0.2, 0.25) is 11.8 Å². The van der Waals surface area contributed by atoms with E-state index in [1.54, 1.807) is 24.3 Å². The highest BCUT2D eigenvalue weighted by Crippen LogP contribution is 2.29. The third-order valence-corrected chi connectivity index (χ3v) is 7.43. The maximum absolute atomic E-state index is 12.5. The molecular formula is C24H31N5O4S. The normalized spacial score (nSPS) is 20.5. The van der Waals surface area contributed by atoms with E-state index in [9.17, 15) is 19.2 Å². The van der Waals surface area contributed by atoms with Crippen molar-refractivity contribution in [2.75, 3.05) is 38.0 Å². The Morgan fingerprint density at radius 3 is 2.50 bits per heavy atom. The first kappa shape index (κ1) is 24.3. The molecule has 10 heteroatoms. The molecule has 182 valence electrons. The van der Waals surface area contributed by atoms with Gasteiger partial charge in [0, 0.05) is 56.8 Å². The maximum atomic E-state index is 12.5. The van der Waals surface area contributed by atoms with Gasteiger partial charge in [-0.3, -0.25) is 19.2 Å². The van der Waals surface area contributed by atoms with Gasteiger partial charge in [-0.05, 0) is 56.4 Å². The van der Waals surface area contributed by atoms with Gasteiger partial charge in [0.05, 0.1) is 0 Å². The van der Waals surface area contributed by atoms with Gasteiger partial charge >= 0.3 is 0 Å². The molecule has 0 aromatic heterocycles. The van der Waals surface area contributed by atoms with Gasteiger partial charge < -0.3 is 20.4 Å². The van der Waals surface area contributed by atoms with Crippen LogP contribution in [0.3, 0.4) is 0 Å². The maximum Gasteiger partial charge on any atom is 0.262 e. The van der Waals surface area contributed by atoms with Gasteiger partial charge in [0.15, 0.2) is 5.17 Å². The molecule has 2 fully saturated rings. The van der Waals surface area contributed by atoms with Crippen LogP contribution in [0.15, 0.2) is 29.3 Å². The van der Waals surface area contributed by atoms with Crippen molar-refractivity contribution >= 4 is 46.2 Å². The third kappa shape index (κ3) is 6.37. The van der Waals surface area contributed by atoms with Crippen LogP contribution in [0.5, 0.6) is 0 Å². The Labute approximate surface area is 203 Å². The number of piperidine rings is 1. The highest BCUT2D eigenvalue weighted by atomic mass is 32.2. The smallest absolute Gasteiger partial charge is 0.262 e. The average molecular weight is 486 g/mol. The zero-order valence-electron chi connectivity index (χ0n) is 19.3. The number of nitrogens with zero attached hydrogens (tertiary/aromatic N) is 3. The Bertz CT molecular complexity index is 959. The summed E-state index contributed by atoms with van der Waals surface area (Å²) in [6, 6.07) is 6.66. The van der Waals surface area contributed by atoms with Crippen LogP contribution in [-0.4, -0.2) is 76.6 Å². The van der Waals surface area contributed by atoms with E-state index in [0.717, 1.165) is 44.1 Å². The standard InChI is InChI=1S/C24H31N5O4S/c30-20(16-19-23(33)27-24(34-19)29-12-2-1-3-13-29)26-18-9-7-17(8-10-18)22(32)25-11-5-15-28-14-4-6-21(28)31/h7-10,19H,1-6,11-16H2,(H,25,32)(H,26,30)/t19-/m1/s1. The predicted molar refractivity (Wildman–Crippen MR) is 132 cm³/mol. The summed E-state index contributed by atoms with van der Waals surface area (Å²) in [4.78, 5) is 56.8. The number of carbonyl (C=O) groups is 4. The van der Waals surface area contributed by atoms with Crippen LogP contribution >= 0.6 is 11.8 Å². The van der Waals surface area contributed by atoms with Crippen LogP contribution in [-0.2, 0) is 14.4 Å². The summed E-state index contributed by atoms with van der Waals surface area (Å²) in [6.45, 7) is 3.79. The number of hydrogen-bond donors (Lipinski definition) is 2. The molecule has 9 nitrogen and oxygen atoms in total. The first-order chi connectivity index (χ1) is 16.5. The summed E-state index contributed by atoms with van der Waals surface area (Å²) >= 11 is 1.38. The highest BCUT2D eigenvalue weighted by molar-refractivity contribution is 8.15. The summed E-state index contributed by atoms with van der Waals surface area (Å²) in [5.41, 5.74) is 1.07. The summed E-state index contributed by atoms with van der Waals surface area (Å²) in [5, 5.41) is 5.91. The van der Waals surface area contributed by atoms with Gasteiger partial charge in [-0.15, -0.1) is 0 Å². The fraction of sp³-hybridized carbons (Fsp3) is 0.542. The van der Waals surface area contributed by atoms with Crippen molar-refractivity contribution in [3.63, 3.8) is 0 Å². The van der Waals surface area contributed by atoms with E-state index >= 15 is 0 Å². The van der Waals surface area contributed by atoms with E-state index in [0.29, 0.717) is 37.2 Å². The van der Waals surface area contributed by atoms with Crippen molar-refractivity contribution in [2.45, 2.75) is 50.2 Å². The number of aliphatic imine (C=N–C) groups is 1. The molecule has 0 radical (unpaired) electrons. The lowest BCUT2D eigenvalue weighted by Gasteiger charge is -2.27. The Balaban J connectivity index is 1.18. The average Bonchev–Trinajstić information content (AvgIpc) is 3.42. The monoisotopic (exact) mass is 485 g/mol. The lowest BCUT2D eigenvalue weighted by molar-refractivity contribution is -0.127. The largest absolute Gasteiger partial charge is 0.352 e. The predicted octanol–water partition coefficient (Wildman–Crippen LogP) is 2.24. The topological polar surface area (TPSA) is 111 Å². The molecule has 4 rings (SSSR count). The Morgan fingerprint density at radius 1 is 1.03 bits per heavy atom. The summed E-state index contributed by atoms with van der Waals surface area (Å²) < 4.78 is 0. The molecule has 4 amide bonds. The lowest BCUT2D eigenvalue weighted by atomic mass is 10.1. The van der Waals surface area contributed by atoms with Crippen LogP contribution in [0.2, 0.25) is 0 Å². The first-order valence-corrected chi connectivity index (χ1v) is 12.9. The number of hydrogen-bond acceptors (Lipinski definition) is 6. The number of likely N-dealkylation sites (tertiary alicyclic amines) is 2. The van der Waals surface area contributed by atoms with E-state index < -0.39 is 5.25 Å². The molecule has 0 unspecified atom stereocenters. The highest BCUT2D eigenvalue weighted by Gasteiger charge is 2.33. The fourth-order valence-corrected chi connectivity index (χ4v) is 5.45. The molecule has 2 saturated heterocycles. The molecule has 1 aromatic rings. The minimum atomic E-state index is -0.488. The number of benzene rings is 1. The van der Waals surface area contributed by atoms with Crippen molar-refractivity contribution in [1.29, 1.82) is 0 Å². The Morgan fingerprint density at radius 2 is 1.79 bits per heavy atom. The lowest BCUT2D eigenvalue weighted by Crippen LogP contribution is -2.33. The minimum Gasteiger partial charge on any atom is -0.352 e. The number of amidine groups is 1. The molecule has 3 heterocycles. The molecule has 0 spiro atoms. The molecule has 3 aliphatic rings. The zero-order chi connectivity index (χ0) is 23.9. The molecule has 3 aliphatic heterocycles. The number of rotatable bonds is 8. The third-order valence-electron chi connectivity index (χ3n) is 6.22. The Hall–Kier alpha value is -2.88. The molecule has 2 N–H and O–H groups in total. The van der Waals surface area contributed by atoms with Crippen LogP contribution in [0.25, 0.3) is 0 Å². The summed E-state index contributed by atoms with van der Waals surface area (Å²) in [7, 11) is 0. The quantitative estimate of drug-likeness (QED) is 0.547. The van der Waals surface area contributed by atoms with Crippen LogP contribution in [0.4, 0.5) is 5.69 Å². The second-order valence-electron chi connectivity index (χ2n) is 8.81. The van der Waals surface area contributed by atoms with Gasteiger partial charge in [-0.25, -0.2) is 0 Å². The first-order valence-electron chi connectivity index (χ1n) is 12.0. The number of amides is 4. The molecule has 34 heavy (non-hydrogen) atoms. The number of carbonyl (C=O) groups excluding carboxylic acids is 4. The molecule has 1 atom stereocenters. The molecule has 0 aliphatic carbocycles. The second-order valence-corrected chi connectivity index (χ2v) is 9.98. The van der Waals surface area contributed by atoms with E-state index in [2.05, 4.69) is 20.5 Å².